The number of rotatable bonds is 5. The molecule has 0 spiro atoms. The lowest BCUT2D eigenvalue weighted by molar-refractivity contribution is 0.317. The Kier molecular flexibility index (Phi) is 5.05. The number of alkyl halides is 1. The molecule has 0 unspecified atom stereocenters. The highest BCUT2D eigenvalue weighted by Gasteiger charge is 2.08. The van der Waals surface area contributed by atoms with Crippen molar-refractivity contribution < 1.29 is 4.74 Å². The average Bonchev–Trinajstić information content (AvgIpc) is 2.77. The normalized spacial score (nSPS) is 10.7. The van der Waals surface area contributed by atoms with Gasteiger partial charge >= 0.3 is 0 Å². The summed E-state index contributed by atoms with van der Waals surface area (Å²) >= 11 is 7.01. The van der Waals surface area contributed by atoms with Gasteiger partial charge in [0.1, 0.15) is 5.75 Å². The maximum atomic E-state index is 5.94. The number of hydrogen-bond acceptors (Lipinski definition) is 2. The van der Waals surface area contributed by atoms with E-state index in [0.29, 0.717) is 6.61 Å². The van der Waals surface area contributed by atoms with Gasteiger partial charge in [0.05, 0.1) is 12.8 Å². The van der Waals surface area contributed by atoms with Crippen molar-refractivity contribution in [2.75, 3.05) is 6.61 Å². The fraction of sp³-hybridized carbons (Fsp3) is 0.357. The highest BCUT2D eigenvalue weighted by molar-refractivity contribution is 9.10. The molecule has 5 heteroatoms. The molecular formula is C14H16Br2N2O. The number of benzene rings is 1. The van der Waals surface area contributed by atoms with Crippen molar-refractivity contribution in [2.45, 2.75) is 18.7 Å². The Hall–Kier alpha value is -0.810. The molecule has 0 aliphatic heterocycles. The number of aromatic nitrogens is 2. The van der Waals surface area contributed by atoms with E-state index in [-0.39, 0.29) is 0 Å². The van der Waals surface area contributed by atoms with Gasteiger partial charge in [-0.1, -0.05) is 31.9 Å². The second-order valence-electron chi connectivity index (χ2n) is 4.47. The van der Waals surface area contributed by atoms with Crippen LogP contribution in [0.25, 0.3) is 0 Å². The standard InChI is InChI=1S/C14H16Br2N2O/c1-10-5-13(16)6-12(7-15)14(10)19-4-3-11-8-17-18(2)9-11/h5-6,8-9H,3-4,7H2,1-2H3. The molecule has 0 aliphatic carbocycles. The van der Waals surface area contributed by atoms with Gasteiger partial charge in [-0.25, -0.2) is 0 Å². The third kappa shape index (κ3) is 3.83. The molecule has 2 aromatic rings. The van der Waals surface area contributed by atoms with Crippen molar-refractivity contribution in [1.82, 2.24) is 9.78 Å². The molecule has 3 nitrogen and oxygen atoms in total. The molecule has 19 heavy (non-hydrogen) atoms. The fourth-order valence-corrected chi connectivity index (χ4v) is 3.01. The van der Waals surface area contributed by atoms with Crippen LogP contribution in [0.4, 0.5) is 0 Å². The Balaban J connectivity index is 2.03. The van der Waals surface area contributed by atoms with E-state index in [9.17, 15) is 0 Å². The summed E-state index contributed by atoms with van der Waals surface area (Å²) in [6.07, 6.45) is 4.76. The first-order valence-electron chi connectivity index (χ1n) is 6.05. The molecule has 0 N–H and O–H groups in total. The van der Waals surface area contributed by atoms with Crippen molar-refractivity contribution in [3.63, 3.8) is 0 Å². The van der Waals surface area contributed by atoms with Gasteiger partial charge in [-0.3, -0.25) is 4.68 Å². The third-order valence-electron chi connectivity index (χ3n) is 2.86. The Morgan fingerprint density at radius 1 is 1.37 bits per heavy atom. The smallest absolute Gasteiger partial charge is 0.126 e. The minimum atomic E-state index is 0.661. The highest BCUT2D eigenvalue weighted by atomic mass is 79.9. The molecule has 1 heterocycles. The molecule has 0 fully saturated rings. The molecule has 1 aromatic heterocycles. The van der Waals surface area contributed by atoms with Gasteiger partial charge in [0.25, 0.3) is 0 Å². The Labute approximate surface area is 130 Å². The van der Waals surface area contributed by atoms with E-state index < -0.39 is 0 Å². The van der Waals surface area contributed by atoms with Crippen LogP contribution in [0, 0.1) is 6.92 Å². The number of hydrogen-bond donors (Lipinski definition) is 0. The molecule has 2 rings (SSSR count). The Morgan fingerprint density at radius 3 is 2.79 bits per heavy atom. The van der Waals surface area contributed by atoms with Gasteiger partial charge in [0.2, 0.25) is 0 Å². The van der Waals surface area contributed by atoms with Crippen molar-refractivity contribution in [3.05, 3.63) is 45.7 Å². The van der Waals surface area contributed by atoms with Gasteiger partial charge in [-0.15, -0.1) is 0 Å². The number of ether oxygens (including phenoxy) is 1. The lowest BCUT2D eigenvalue weighted by Gasteiger charge is -2.13. The quantitative estimate of drug-likeness (QED) is 0.724. The van der Waals surface area contributed by atoms with Crippen LogP contribution in [-0.4, -0.2) is 16.4 Å². The molecule has 102 valence electrons. The minimum Gasteiger partial charge on any atom is -0.493 e. The average molecular weight is 388 g/mol. The summed E-state index contributed by atoms with van der Waals surface area (Å²) in [5.41, 5.74) is 3.51. The third-order valence-corrected chi connectivity index (χ3v) is 3.92. The first-order chi connectivity index (χ1) is 9.10. The monoisotopic (exact) mass is 386 g/mol. The molecule has 0 saturated heterocycles. The fourth-order valence-electron chi connectivity index (χ4n) is 1.98. The highest BCUT2D eigenvalue weighted by Crippen LogP contribution is 2.29. The van der Waals surface area contributed by atoms with Gasteiger partial charge in [-0.05, 0) is 30.2 Å². The summed E-state index contributed by atoms with van der Waals surface area (Å²) in [5, 5.41) is 4.94. The maximum absolute atomic E-state index is 5.94. The van der Waals surface area contributed by atoms with Crippen LogP contribution in [0.15, 0.2) is 29.0 Å². The lowest BCUT2D eigenvalue weighted by Crippen LogP contribution is -2.04. The number of halogens is 2. The molecule has 0 aliphatic rings. The second-order valence-corrected chi connectivity index (χ2v) is 5.94. The van der Waals surface area contributed by atoms with Gasteiger partial charge in [0.15, 0.2) is 0 Å². The summed E-state index contributed by atoms with van der Waals surface area (Å²) in [6, 6.07) is 4.16. The predicted molar refractivity (Wildman–Crippen MR) is 83.9 cm³/mol. The lowest BCUT2D eigenvalue weighted by atomic mass is 10.1. The summed E-state index contributed by atoms with van der Waals surface area (Å²) in [4.78, 5) is 0. The van der Waals surface area contributed by atoms with Crippen LogP contribution in [0.1, 0.15) is 16.7 Å². The number of aryl methyl sites for hydroxylation is 2. The minimum absolute atomic E-state index is 0.661. The number of nitrogens with zero attached hydrogens (tertiary/aromatic N) is 2. The van der Waals surface area contributed by atoms with Crippen molar-refractivity contribution >= 4 is 31.9 Å². The Morgan fingerprint density at radius 2 is 2.16 bits per heavy atom. The van der Waals surface area contributed by atoms with Crippen molar-refractivity contribution in [1.29, 1.82) is 0 Å². The van der Waals surface area contributed by atoms with Gasteiger partial charge in [0, 0.05) is 35.0 Å². The van der Waals surface area contributed by atoms with Crippen molar-refractivity contribution in [3.8, 4) is 5.75 Å². The van der Waals surface area contributed by atoms with Crippen LogP contribution in [0.3, 0.4) is 0 Å². The summed E-state index contributed by atoms with van der Waals surface area (Å²) in [5.74, 6) is 0.976. The van der Waals surface area contributed by atoms with E-state index in [2.05, 4.69) is 56.0 Å². The van der Waals surface area contributed by atoms with E-state index in [4.69, 9.17) is 4.74 Å². The first-order valence-corrected chi connectivity index (χ1v) is 7.97. The van der Waals surface area contributed by atoms with E-state index >= 15 is 0 Å². The summed E-state index contributed by atoms with van der Waals surface area (Å²) in [6.45, 7) is 2.73. The van der Waals surface area contributed by atoms with Crippen LogP contribution < -0.4 is 4.74 Å². The van der Waals surface area contributed by atoms with Crippen LogP contribution >= 0.6 is 31.9 Å². The first kappa shape index (κ1) is 14.6. The zero-order valence-corrected chi connectivity index (χ0v) is 14.2. The topological polar surface area (TPSA) is 27.1 Å². The zero-order valence-electron chi connectivity index (χ0n) is 11.0. The molecular weight excluding hydrogens is 372 g/mol. The van der Waals surface area contributed by atoms with E-state index in [1.54, 1.807) is 0 Å². The second kappa shape index (κ2) is 6.57. The molecule has 0 atom stereocenters. The predicted octanol–water partition coefficient (Wildman–Crippen LogP) is 4.01. The SMILES string of the molecule is Cc1cc(Br)cc(CBr)c1OCCc1cnn(C)c1. The van der Waals surface area contributed by atoms with Crippen LogP contribution in [0.5, 0.6) is 5.75 Å². The molecule has 0 bridgehead atoms. The molecule has 0 radical (unpaired) electrons. The van der Waals surface area contributed by atoms with Gasteiger partial charge in [-0.2, -0.15) is 5.10 Å². The zero-order chi connectivity index (χ0) is 13.8. The van der Waals surface area contributed by atoms with E-state index in [0.717, 1.165) is 33.1 Å². The van der Waals surface area contributed by atoms with E-state index in [1.165, 1.54) is 5.56 Å². The molecule has 1 aromatic carbocycles. The van der Waals surface area contributed by atoms with Crippen molar-refractivity contribution in [2.24, 2.45) is 7.05 Å². The maximum Gasteiger partial charge on any atom is 0.126 e. The van der Waals surface area contributed by atoms with Crippen LogP contribution in [0.2, 0.25) is 0 Å². The molecule has 0 amide bonds. The summed E-state index contributed by atoms with van der Waals surface area (Å²) in [7, 11) is 1.92. The molecule has 0 saturated carbocycles. The van der Waals surface area contributed by atoms with E-state index in [1.807, 2.05) is 24.1 Å². The summed E-state index contributed by atoms with van der Waals surface area (Å²) < 4.78 is 8.83. The van der Waals surface area contributed by atoms with Gasteiger partial charge < -0.3 is 4.74 Å². The Bertz CT molecular complexity index is 567. The largest absolute Gasteiger partial charge is 0.493 e. The van der Waals surface area contributed by atoms with Crippen LogP contribution in [-0.2, 0) is 18.8 Å².